The Morgan fingerprint density at radius 1 is 0.407 bits per heavy atom. The molecular formula is C56H44N2S. The molecule has 9 aromatic rings. The molecule has 0 fully saturated rings. The summed E-state index contributed by atoms with van der Waals surface area (Å²) in [6, 6.07) is 65.5. The van der Waals surface area contributed by atoms with Crippen molar-refractivity contribution in [3.8, 4) is 22.3 Å². The number of anilines is 6. The Morgan fingerprint density at radius 2 is 1.02 bits per heavy atom. The number of para-hydroxylation sites is 2. The Kier molecular flexibility index (Phi) is 8.15. The van der Waals surface area contributed by atoms with Gasteiger partial charge in [-0.15, -0.1) is 0 Å². The highest BCUT2D eigenvalue weighted by molar-refractivity contribution is 7.99. The summed E-state index contributed by atoms with van der Waals surface area (Å²) in [4.78, 5) is 7.43. The lowest BCUT2D eigenvalue weighted by Crippen LogP contribution is -2.16. The van der Waals surface area contributed by atoms with Gasteiger partial charge in [0.1, 0.15) is 0 Å². The van der Waals surface area contributed by atoms with E-state index in [1.54, 1.807) is 0 Å². The molecule has 284 valence electrons. The van der Waals surface area contributed by atoms with Gasteiger partial charge in [-0.1, -0.05) is 134 Å². The van der Waals surface area contributed by atoms with E-state index in [0.29, 0.717) is 0 Å². The number of aryl methyl sites for hydroxylation is 3. The molecule has 1 aliphatic heterocycles. The topological polar surface area (TPSA) is 6.48 Å². The van der Waals surface area contributed by atoms with Crippen LogP contribution in [-0.4, -0.2) is 0 Å². The molecule has 0 saturated carbocycles. The van der Waals surface area contributed by atoms with E-state index in [1.807, 2.05) is 11.8 Å². The molecule has 11 rings (SSSR count). The van der Waals surface area contributed by atoms with Crippen molar-refractivity contribution in [2.45, 2.75) is 49.8 Å². The number of fused-ring (bicyclic) bond motifs is 7. The first-order valence-corrected chi connectivity index (χ1v) is 21.4. The molecular weight excluding hydrogens is 733 g/mol. The summed E-state index contributed by atoms with van der Waals surface area (Å²) in [6.45, 7) is 11.4. The minimum atomic E-state index is -0.0830. The first-order valence-electron chi connectivity index (χ1n) is 20.6. The SMILES string of the molecule is Cc1cc(C)c(N(c2ccccc2)c2ccc3cc4c5c(cccc5c3c2)Sc2cc(N(c3ccccc3)c3ccc5c(c3)C(C)(C)c3ccccc3-5)ccc2-4)c(C)c1. The van der Waals surface area contributed by atoms with E-state index < -0.39 is 0 Å². The highest BCUT2D eigenvalue weighted by Gasteiger charge is 2.36. The van der Waals surface area contributed by atoms with Gasteiger partial charge >= 0.3 is 0 Å². The second-order valence-corrected chi connectivity index (χ2v) is 17.9. The van der Waals surface area contributed by atoms with Gasteiger partial charge in [0.2, 0.25) is 0 Å². The van der Waals surface area contributed by atoms with E-state index in [1.165, 1.54) is 92.8 Å². The van der Waals surface area contributed by atoms with E-state index in [2.05, 4.69) is 220 Å². The molecule has 1 heterocycles. The van der Waals surface area contributed by atoms with Gasteiger partial charge in [-0.3, -0.25) is 0 Å². The van der Waals surface area contributed by atoms with Crippen molar-refractivity contribution in [1.82, 2.24) is 0 Å². The number of hydrogen-bond acceptors (Lipinski definition) is 3. The molecule has 0 unspecified atom stereocenters. The molecule has 0 N–H and O–H groups in total. The maximum atomic E-state index is 2.43. The lowest BCUT2D eigenvalue weighted by molar-refractivity contribution is 0.660. The third-order valence-electron chi connectivity index (χ3n) is 12.6. The first-order chi connectivity index (χ1) is 28.7. The largest absolute Gasteiger partial charge is 0.310 e. The summed E-state index contributed by atoms with van der Waals surface area (Å²) in [5, 5.41) is 5.13. The predicted octanol–water partition coefficient (Wildman–Crippen LogP) is 16.3. The molecule has 0 spiro atoms. The van der Waals surface area contributed by atoms with Gasteiger partial charge in [0.05, 0.1) is 5.69 Å². The van der Waals surface area contributed by atoms with Crippen molar-refractivity contribution >= 4 is 67.4 Å². The average Bonchev–Trinajstić information content (AvgIpc) is 3.48. The van der Waals surface area contributed by atoms with Crippen LogP contribution in [0, 0.1) is 20.8 Å². The van der Waals surface area contributed by atoms with Gasteiger partial charge in [-0.05, 0) is 154 Å². The van der Waals surface area contributed by atoms with Crippen LogP contribution in [-0.2, 0) is 5.41 Å². The zero-order valence-corrected chi connectivity index (χ0v) is 34.9. The summed E-state index contributed by atoms with van der Waals surface area (Å²) in [6.07, 6.45) is 0. The van der Waals surface area contributed by atoms with E-state index >= 15 is 0 Å². The average molecular weight is 777 g/mol. The Morgan fingerprint density at radius 3 is 1.76 bits per heavy atom. The molecule has 1 aliphatic carbocycles. The minimum absolute atomic E-state index is 0.0830. The molecule has 0 amide bonds. The Labute approximate surface area is 351 Å². The van der Waals surface area contributed by atoms with Crippen molar-refractivity contribution in [3.05, 3.63) is 204 Å². The van der Waals surface area contributed by atoms with Gasteiger partial charge < -0.3 is 9.80 Å². The molecule has 0 aromatic heterocycles. The molecule has 0 atom stereocenters. The lowest BCUT2D eigenvalue weighted by Gasteiger charge is -2.30. The normalized spacial score (nSPS) is 13.2. The molecule has 0 bridgehead atoms. The van der Waals surface area contributed by atoms with Crippen molar-refractivity contribution in [3.63, 3.8) is 0 Å². The van der Waals surface area contributed by atoms with E-state index in [9.17, 15) is 0 Å². The third-order valence-corrected chi connectivity index (χ3v) is 13.7. The third kappa shape index (κ3) is 5.63. The van der Waals surface area contributed by atoms with Crippen LogP contribution < -0.4 is 9.80 Å². The molecule has 9 aromatic carbocycles. The zero-order valence-electron chi connectivity index (χ0n) is 34.0. The highest BCUT2D eigenvalue weighted by Crippen LogP contribution is 2.54. The monoisotopic (exact) mass is 776 g/mol. The van der Waals surface area contributed by atoms with Crippen LogP contribution in [0.2, 0.25) is 0 Å². The molecule has 0 saturated heterocycles. The fourth-order valence-corrected chi connectivity index (χ4v) is 11.2. The molecule has 3 heteroatoms. The van der Waals surface area contributed by atoms with E-state index in [0.717, 1.165) is 22.7 Å². The molecule has 2 nitrogen and oxygen atoms in total. The number of benzene rings is 9. The van der Waals surface area contributed by atoms with Crippen molar-refractivity contribution < 1.29 is 0 Å². The fourth-order valence-electron chi connectivity index (χ4n) is 10.0. The van der Waals surface area contributed by atoms with Crippen LogP contribution in [0.15, 0.2) is 186 Å². The van der Waals surface area contributed by atoms with Crippen LogP contribution in [0.25, 0.3) is 43.8 Å². The van der Waals surface area contributed by atoms with E-state index in [-0.39, 0.29) is 5.41 Å². The smallest absolute Gasteiger partial charge is 0.0520 e. The van der Waals surface area contributed by atoms with Crippen molar-refractivity contribution in [2.75, 3.05) is 9.80 Å². The summed E-state index contributed by atoms with van der Waals surface area (Å²) < 4.78 is 0. The van der Waals surface area contributed by atoms with Gasteiger partial charge in [0, 0.05) is 49.0 Å². The second kappa shape index (κ2) is 13.5. The summed E-state index contributed by atoms with van der Waals surface area (Å²) in [5.74, 6) is 0. The van der Waals surface area contributed by atoms with E-state index in [4.69, 9.17) is 0 Å². The second-order valence-electron chi connectivity index (χ2n) is 16.8. The summed E-state index contributed by atoms with van der Waals surface area (Å²) >= 11 is 1.89. The lowest BCUT2D eigenvalue weighted by atomic mass is 9.82. The van der Waals surface area contributed by atoms with Crippen LogP contribution in [0.4, 0.5) is 34.1 Å². The summed E-state index contributed by atoms with van der Waals surface area (Å²) in [7, 11) is 0. The molecule has 0 radical (unpaired) electrons. The van der Waals surface area contributed by atoms with Crippen LogP contribution >= 0.6 is 11.8 Å². The summed E-state index contributed by atoms with van der Waals surface area (Å²) in [5.41, 5.74) is 18.8. The van der Waals surface area contributed by atoms with Gasteiger partial charge in [-0.2, -0.15) is 0 Å². The Balaban J connectivity index is 1.04. The Hall–Kier alpha value is -6.55. The van der Waals surface area contributed by atoms with Crippen LogP contribution in [0.3, 0.4) is 0 Å². The van der Waals surface area contributed by atoms with Crippen LogP contribution in [0.1, 0.15) is 41.7 Å². The maximum Gasteiger partial charge on any atom is 0.0520 e. The van der Waals surface area contributed by atoms with Crippen molar-refractivity contribution in [2.24, 2.45) is 0 Å². The quantitative estimate of drug-likeness (QED) is 0.155. The zero-order chi connectivity index (χ0) is 40.0. The first kappa shape index (κ1) is 35.6. The Bertz CT molecular complexity index is 3120. The standard InChI is InChI=1S/C56H44N2S/c1-35-29-36(2)55(37(3)30-35)58(40-17-10-7-11-18-40)41-24-23-38-31-49-46-28-26-43(34-53(46)59-52-22-14-20-47(54(49)52)48(38)32-41)57(39-15-8-6-9-16-39)42-25-27-45-44-19-12-13-21-50(44)56(4,5)51(45)33-42/h6-34H,1-5H3. The highest BCUT2D eigenvalue weighted by atomic mass is 32.2. The number of rotatable bonds is 6. The number of nitrogens with zero attached hydrogens (tertiary/aromatic N) is 2. The minimum Gasteiger partial charge on any atom is -0.310 e. The number of hydrogen-bond donors (Lipinski definition) is 0. The predicted molar refractivity (Wildman–Crippen MR) is 252 cm³/mol. The maximum absolute atomic E-state index is 2.43. The molecule has 2 aliphatic rings. The van der Waals surface area contributed by atoms with Gasteiger partial charge in [-0.25, -0.2) is 0 Å². The van der Waals surface area contributed by atoms with Gasteiger partial charge in [0.15, 0.2) is 0 Å². The van der Waals surface area contributed by atoms with Crippen LogP contribution in [0.5, 0.6) is 0 Å². The molecule has 59 heavy (non-hydrogen) atoms. The van der Waals surface area contributed by atoms with Crippen molar-refractivity contribution in [1.29, 1.82) is 0 Å². The van der Waals surface area contributed by atoms with Gasteiger partial charge in [0.25, 0.3) is 0 Å². The fraction of sp³-hybridized carbons (Fsp3) is 0.107.